The third kappa shape index (κ3) is 1.96. The van der Waals surface area contributed by atoms with Crippen molar-refractivity contribution in [1.29, 1.82) is 0 Å². The number of rotatable bonds is 1. The van der Waals surface area contributed by atoms with Gasteiger partial charge in [-0.05, 0) is 45.3 Å². The molecule has 0 saturated carbocycles. The fraction of sp³-hybridized carbons (Fsp3) is 0.600. The molecule has 0 amide bonds. The lowest BCUT2D eigenvalue weighted by Crippen LogP contribution is -2.16. The fourth-order valence-corrected chi connectivity index (χ4v) is 1.55. The smallest absolute Gasteiger partial charge is 0.132 e. The summed E-state index contributed by atoms with van der Waals surface area (Å²) < 4.78 is 0. The molecule has 1 aliphatic carbocycles. The van der Waals surface area contributed by atoms with Crippen molar-refractivity contribution in [2.75, 3.05) is 0 Å². The van der Waals surface area contributed by atoms with Crippen LogP contribution in [0.15, 0.2) is 22.8 Å². The molecular weight excluding hydrogens is 152 g/mol. The third-order valence-corrected chi connectivity index (χ3v) is 2.32. The highest BCUT2D eigenvalue weighted by atomic mass is 17.1. The fourth-order valence-electron chi connectivity index (χ4n) is 1.55. The Hall–Kier alpha value is -0.600. The average molecular weight is 168 g/mol. The maximum absolute atomic E-state index is 8.65. The van der Waals surface area contributed by atoms with Crippen LogP contribution in [0, 0.1) is 0 Å². The van der Waals surface area contributed by atoms with Gasteiger partial charge in [0.15, 0.2) is 0 Å². The van der Waals surface area contributed by atoms with Gasteiger partial charge in [-0.15, -0.1) is 0 Å². The molecule has 12 heavy (non-hydrogen) atoms. The largest absolute Gasteiger partial charge is 0.251 e. The van der Waals surface area contributed by atoms with Crippen LogP contribution in [0.1, 0.15) is 33.6 Å². The molecule has 0 heterocycles. The summed E-state index contributed by atoms with van der Waals surface area (Å²) >= 11 is 0. The highest BCUT2D eigenvalue weighted by Gasteiger charge is 2.18. The van der Waals surface area contributed by atoms with Crippen molar-refractivity contribution in [1.82, 2.24) is 0 Å². The van der Waals surface area contributed by atoms with Gasteiger partial charge in [-0.2, -0.15) is 0 Å². The van der Waals surface area contributed by atoms with Crippen LogP contribution < -0.4 is 0 Å². The number of allylic oxidation sites excluding steroid dienone is 2. The van der Waals surface area contributed by atoms with E-state index in [4.69, 9.17) is 5.26 Å². The van der Waals surface area contributed by atoms with Crippen molar-refractivity contribution in [2.24, 2.45) is 0 Å². The minimum atomic E-state index is -0.205. The van der Waals surface area contributed by atoms with E-state index in [0.717, 1.165) is 12.8 Å². The highest BCUT2D eigenvalue weighted by Crippen LogP contribution is 2.26. The summed E-state index contributed by atoms with van der Waals surface area (Å²) in [6, 6.07) is 0. The predicted octanol–water partition coefficient (Wildman–Crippen LogP) is 2.92. The van der Waals surface area contributed by atoms with Crippen LogP contribution in [-0.4, -0.2) is 11.4 Å². The Labute approximate surface area is 73.5 Å². The zero-order chi connectivity index (χ0) is 9.14. The maximum Gasteiger partial charge on any atom is 0.132 e. The molecule has 0 radical (unpaired) electrons. The lowest BCUT2D eigenvalue weighted by atomic mass is 9.90. The standard InChI is InChI=1S/C10H16O2/c1-7(2)9-5-4-8(3)6-10(9)12-11/h6,10-11H,4-5H2,1-3H3. The van der Waals surface area contributed by atoms with Crippen molar-refractivity contribution in [2.45, 2.75) is 39.7 Å². The Morgan fingerprint density at radius 3 is 2.67 bits per heavy atom. The molecule has 0 aliphatic heterocycles. The molecule has 0 fully saturated rings. The minimum Gasteiger partial charge on any atom is -0.251 e. The van der Waals surface area contributed by atoms with E-state index in [1.54, 1.807) is 0 Å². The Bertz CT molecular complexity index is 222. The topological polar surface area (TPSA) is 29.5 Å². The molecule has 0 saturated heterocycles. The summed E-state index contributed by atoms with van der Waals surface area (Å²) in [4.78, 5) is 4.40. The molecule has 0 aromatic rings. The van der Waals surface area contributed by atoms with E-state index in [9.17, 15) is 0 Å². The quantitative estimate of drug-likeness (QED) is 0.370. The lowest BCUT2D eigenvalue weighted by molar-refractivity contribution is -0.257. The summed E-state index contributed by atoms with van der Waals surface area (Å²) in [5.74, 6) is 0. The van der Waals surface area contributed by atoms with Crippen LogP contribution in [0.4, 0.5) is 0 Å². The molecule has 1 atom stereocenters. The summed E-state index contributed by atoms with van der Waals surface area (Å²) in [5, 5.41) is 8.65. The highest BCUT2D eigenvalue weighted by molar-refractivity contribution is 5.27. The Morgan fingerprint density at radius 2 is 2.17 bits per heavy atom. The summed E-state index contributed by atoms with van der Waals surface area (Å²) in [5.41, 5.74) is 3.75. The first-order valence-corrected chi connectivity index (χ1v) is 4.29. The average Bonchev–Trinajstić information content (AvgIpc) is 2.03. The van der Waals surface area contributed by atoms with Crippen LogP contribution in [0.2, 0.25) is 0 Å². The number of hydrogen-bond donors (Lipinski definition) is 1. The van der Waals surface area contributed by atoms with E-state index in [2.05, 4.69) is 25.7 Å². The van der Waals surface area contributed by atoms with Crippen molar-refractivity contribution in [3.05, 3.63) is 22.8 Å². The van der Waals surface area contributed by atoms with Gasteiger partial charge in [0.1, 0.15) is 6.10 Å². The molecular formula is C10H16O2. The normalized spacial score (nSPS) is 23.8. The van der Waals surface area contributed by atoms with E-state index in [0.29, 0.717) is 0 Å². The van der Waals surface area contributed by atoms with Gasteiger partial charge >= 0.3 is 0 Å². The molecule has 2 heteroatoms. The van der Waals surface area contributed by atoms with Gasteiger partial charge in [-0.3, -0.25) is 5.26 Å². The van der Waals surface area contributed by atoms with Gasteiger partial charge in [0.2, 0.25) is 0 Å². The van der Waals surface area contributed by atoms with Crippen molar-refractivity contribution in [3.8, 4) is 0 Å². The predicted molar refractivity (Wildman–Crippen MR) is 48.9 cm³/mol. The van der Waals surface area contributed by atoms with E-state index >= 15 is 0 Å². The Morgan fingerprint density at radius 1 is 1.50 bits per heavy atom. The molecule has 1 unspecified atom stereocenters. The van der Waals surface area contributed by atoms with E-state index in [1.165, 1.54) is 16.7 Å². The van der Waals surface area contributed by atoms with Crippen LogP contribution in [0.25, 0.3) is 0 Å². The second-order valence-electron chi connectivity index (χ2n) is 3.56. The van der Waals surface area contributed by atoms with Crippen LogP contribution in [-0.2, 0) is 4.89 Å². The van der Waals surface area contributed by atoms with Gasteiger partial charge < -0.3 is 0 Å². The molecule has 0 aromatic carbocycles. The molecule has 0 spiro atoms. The molecule has 1 rings (SSSR count). The van der Waals surface area contributed by atoms with E-state index in [-0.39, 0.29) is 6.10 Å². The second kappa shape index (κ2) is 3.87. The van der Waals surface area contributed by atoms with Gasteiger partial charge in [0.25, 0.3) is 0 Å². The molecule has 1 aliphatic rings. The lowest BCUT2D eigenvalue weighted by Gasteiger charge is -2.21. The van der Waals surface area contributed by atoms with E-state index in [1.807, 2.05) is 6.08 Å². The van der Waals surface area contributed by atoms with E-state index < -0.39 is 0 Å². The Balaban J connectivity index is 2.88. The van der Waals surface area contributed by atoms with Gasteiger partial charge in [0.05, 0.1) is 0 Å². The van der Waals surface area contributed by atoms with Crippen molar-refractivity contribution >= 4 is 0 Å². The molecule has 0 bridgehead atoms. The van der Waals surface area contributed by atoms with Gasteiger partial charge in [-0.1, -0.05) is 11.1 Å². The minimum absolute atomic E-state index is 0.205. The van der Waals surface area contributed by atoms with Gasteiger partial charge in [-0.25, -0.2) is 4.89 Å². The molecule has 0 aromatic heterocycles. The SMILES string of the molecule is CC1=CC(OO)C(=C(C)C)CC1. The maximum atomic E-state index is 8.65. The number of hydrogen-bond acceptors (Lipinski definition) is 2. The van der Waals surface area contributed by atoms with Gasteiger partial charge in [0, 0.05) is 0 Å². The first-order valence-electron chi connectivity index (χ1n) is 4.29. The third-order valence-electron chi connectivity index (χ3n) is 2.32. The molecule has 1 N–H and O–H groups in total. The summed E-state index contributed by atoms with van der Waals surface area (Å²) in [6.07, 6.45) is 3.87. The van der Waals surface area contributed by atoms with Crippen LogP contribution >= 0.6 is 0 Å². The molecule has 68 valence electrons. The van der Waals surface area contributed by atoms with Crippen LogP contribution in [0.3, 0.4) is 0 Å². The monoisotopic (exact) mass is 168 g/mol. The second-order valence-corrected chi connectivity index (χ2v) is 3.56. The summed E-state index contributed by atoms with van der Waals surface area (Å²) in [6.45, 7) is 6.17. The molecule has 2 nitrogen and oxygen atoms in total. The Kier molecular flexibility index (Phi) is 3.06. The van der Waals surface area contributed by atoms with Crippen molar-refractivity contribution < 1.29 is 10.1 Å². The van der Waals surface area contributed by atoms with Crippen LogP contribution in [0.5, 0.6) is 0 Å². The summed E-state index contributed by atoms with van der Waals surface area (Å²) in [7, 11) is 0. The first-order chi connectivity index (χ1) is 5.65. The zero-order valence-electron chi connectivity index (χ0n) is 7.92. The van der Waals surface area contributed by atoms with Crippen molar-refractivity contribution in [3.63, 3.8) is 0 Å². The zero-order valence-corrected chi connectivity index (χ0v) is 7.92. The first kappa shape index (κ1) is 9.49.